The molecule has 2 saturated heterocycles. The van der Waals surface area contributed by atoms with Crippen molar-refractivity contribution in [3.63, 3.8) is 0 Å². The minimum absolute atomic E-state index is 0.0801. The number of aromatic nitrogens is 2. The van der Waals surface area contributed by atoms with Crippen LogP contribution in [0.25, 0.3) is 11.4 Å². The summed E-state index contributed by atoms with van der Waals surface area (Å²) in [5.74, 6) is 0.353. The molecule has 3 fully saturated rings. The number of amides is 3. The number of esters is 1. The van der Waals surface area contributed by atoms with E-state index >= 15 is 0 Å². The third-order valence-corrected chi connectivity index (χ3v) is 9.17. The lowest BCUT2D eigenvalue weighted by molar-refractivity contribution is -0.145. The van der Waals surface area contributed by atoms with Crippen molar-refractivity contribution in [2.45, 2.75) is 59.5 Å². The summed E-state index contributed by atoms with van der Waals surface area (Å²) >= 11 is 0. The fraction of sp³-hybridized carbons (Fsp3) is 0.588. The molecule has 3 aliphatic rings. The molecule has 0 radical (unpaired) electrons. The molecule has 5 atom stereocenters. The molecule has 1 aromatic carbocycles. The Morgan fingerprint density at radius 2 is 1.70 bits per heavy atom. The van der Waals surface area contributed by atoms with Crippen LogP contribution >= 0.6 is 0 Å². The first kappa shape index (κ1) is 33.2. The van der Waals surface area contributed by atoms with Crippen LogP contribution in [0, 0.1) is 23.7 Å². The molecule has 1 saturated carbocycles. The van der Waals surface area contributed by atoms with Gasteiger partial charge < -0.3 is 29.5 Å². The first-order valence-electron chi connectivity index (χ1n) is 16.5. The quantitative estimate of drug-likeness (QED) is 0.291. The highest BCUT2D eigenvalue weighted by Gasteiger charge is 2.60. The second-order valence-electron chi connectivity index (χ2n) is 12.8. The minimum Gasteiger partial charge on any atom is -0.466 e. The summed E-state index contributed by atoms with van der Waals surface area (Å²) in [6.45, 7) is 12.6. The van der Waals surface area contributed by atoms with Crippen molar-refractivity contribution < 1.29 is 28.7 Å². The molecule has 1 unspecified atom stereocenters. The maximum Gasteiger partial charge on any atom is 0.410 e. The largest absolute Gasteiger partial charge is 0.466 e. The zero-order chi connectivity index (χ0) is 33.0. The van der Waals surface area contributed by atoms with Gasteiger partial charge in [-0.3, -0.25) is 14.4 Å². The number of benzene rings is 1. The smallest absolute Gasteiger partial charge is 0.410 e. The molecule has 0 bridgehead atoms. The average Bonchev–Trinajstić information content (AvgIpc) is 3.56. The Morgan fingerprint density at radius 3 is 2.33 bits per heavy atom. The van der Waals surface area contributed by atoms with E-state index in [0.29, 0.717) is 57.6 Å². The maximum absolute atomic E-state index is 13.8. The predicted octanol–water partition coefficient (Wildman–Crippen LogP) is 3.61. The van der Waals surface area contributed by atoms with E-state index in [-0.39, 0.29) is 53.4 Å². The van der Waals surface area contributed by atoms with Gasteiger partial charge in [0.15, 0.2) is 5.82 Å². The summed E-state index contributed by atoms with van der Waals surface area (Å²) in [7, 11) is 0. The lowest BCUT2D eigenvalue weighted by Gasteiger charge is -2.40. The van der Waals surface area contributed by atoms with Crippen molar-refractivity contribution in [1.82, 2.24) is 25.1 Å². The first-order chi connectivity index (χ1) is 22.1. The van der Waals surface area contributed by atoms with Crippen molar-refractivity contribution in [3.05, 3.63) is 42.1 Å². The molecule has 0 spiro atoms. The minimum atomic E-state index is -0.786. The summed E-state index contributed by atoms with van der Waals surface area (Å²) in [5, 5.41) is 2.96. The van der Waals surface area contributed by atoms with Crippen LogP contribution in [-0.4, -0.2) is 102 Å². The third kappa shape index (κ3) is 7.26. The van der Waals surface area contributed by atoms with Crippen LogP contribution in [0.2, 0.25) is 0 Å². The Labute approximate surface area is 270 Å². The highest BCUT2D eigenvalue weighted by atomic mass is 16.6. The molecule has 2 aromatic rings. The summed E-state index contributed by atoms with van der Waals surface area (Å²) < 4.78 is 10.6. The third-order valence-electron chi connectivity index (χ3n) is 9.17. The number of rotatable bonds is 11. The molecule has 1 aromatic heterocycles. The Bertz CT molecular complexity index is 1410. The number of fused-ring (bicyclic) bond motifs is 1. The SMILES string of the molecule is CCCCOC(=O)N1CCN(C(=O)[C@@H](NC(=O)c2cc(N3C[C@@H]4C(C(=O)OCC)[C@@H]4C3)nc(-c3ccccc3)n2)C(C)C)C[C@H]1C. The predicted molar refractivity (Wildman–Crippen MR) is 172 cm³/mol. The lowest BCUT2D eigenvalue weighted by Crippen LogP contribution is -2.60. The van der Waals surface area contributed by atoms with Crippen LogP contribution in [-0.2, 0) is 19.1 Å². The van der Waals surface area contributed by atoms with Gasteiger partial charge in [0.25, 0.3) is 5.91 Å². The second-order valence-corrected chi connectivity index (χ2v) is 12.8. The number of carbonyl (C=O) groups is 4. The van der Waals surface area contributed by atoms with Gasteiger partial charge >= 0.3 is 12.1 Å². The van der Waals surface area contributed by atoms with Gasteiger partial charge in [0.2, 0.25) is 5.91 Å². The Kier molecular flexibility index (Phi) is 10.4. The van der Waals surface area contributed by atoms with Crippen LogP contribution < -0.4 is 10.2 Å². The average molecular weight is 635 g/mol. The van der Waals surface area contributed by atoms with Gasteiger partial charge in [-0.1, -0.05) is 57.5 Å². The summed E-state index contributed by atoms with van der Waals surface area (Å²) in [5.41, 5.74) is 0.932. The van der Waals surface area contributed by atoms with E-state index in [1.54, 1.807) is 15.9 Å². The molecule has 46 heavy (non-hydrogen) atoms. The number of nitrogens with one attached hydrogen (secondary N) is 1. The molecule has 12 nitrogen and oxygen atoms in total. The summed E-state index contributed by atoms with van der Waals surface area (Å²) in [4.78, 5) is 67.3. The van der Waals surface area contributed by atoms with E-state index in [9.17, 15) is 19.2 Å². The van der Waals surface area contributed by atoms with Crippen molar-refractivity contribution in [2.24, 2.45) is 23.7 Å². The van der Waals surface area contributed by atoms with Gasteiger partial charge in [0.05, 0.1) is 19.1 Å². The van der Waals surface area contributed by atoms with Gasteiger partial charge in [-0.25, -0.2) is 14.8 Å². The maximum atomic E-state index is 13.8. The monoisotopic (exact) mass is 634 g/mol. The fourth-order valence-corrected chi connectivity index (χ4v) is 6.47. The standard InChI is InChI=1S/C34H46N6O6/c1-6-8-16-46-34(44)40-15-14-38(18-22(40)5)32(42)29(21(3)4)37-31(41)26-17-27(36-30(35-26)23-12-10-9-11-13-23)39-19-24-25(20-39)28(24)33(43)45-7-2/h9-13,17,21-22,24-25,28-29H,6-8,14-16,18-20H2,1-5H3,(H,37,41)/t22-,24-,25+,28?,29+/m1/s1. The highest BCUT2D eigenvalue weighted by molar-refractivity contribution is 5.97. The normalized spacial score (nSPS) is 22.7. The number of hydrogen-bond donors (Lipinski definition) is 1. The molecule has 5 rings (SSSR count). The molecule has 3 heterocycles. The number of anilines is 1. The van der Waals surface area contributed by atoms with Crippen LogP contribution in [0.5, 0.6) is 0 Å². The fourth-order valence-electron chi connectivity index (χ4n) is 6.47. The van der Waals surface area contributed by atoms with E-state index in [1.165, 1.54) is 0 Å². The summed E-state index contributed by atoms with van der Waals surface area (Å²) in [6, 6.07) is 10.1. The van der Waals surface area contributed by atoms with Crippen LogP contribution in [0.1, 0.15) is 57.9 Å². The molecule has 248 valence electrons. The van der Waals surface area contributed by atoms with Gasteiger partial charge in [-0.2, -0.15) is 0 Å². The molecule has 2 aliphatic heterocycles. The number of ether oxygens (including phenoxy) is 2. The zero-order valence-corrected chi connectivity index (χ0v) is 27.5. The molecule has 1 N–H and O–H groups in total. The lowest BCUT2D eigenvalue weighted by atomic mass is 10.0. The van der Waals surface area contributed by atoms with Crippen LogP contribution in [0.4, 0.5) is 10.6 Å². The Morgan fingerprint density at radius 1 is 0.978 bits per heavy atom. The van der Waals surface area contributed by atoms with Crippen molar-refractivity contribution >= 4 is 29.7 Å². The molecular formula is C34H46N6O6. The number of hydrogen-bond acceptors (Lipinski definition) is 9. The molecular weight excluding hydrogens is 588 g/mol. The van der Waals surface area contributed by atoms with Gasteiger partial charge in [0.1, 0.15) is 17.6 Å². The van der Waals surface area contributed by atoms with E-state index < -0.39 is 11.9 Å². The molecule has 12 heteroatoms. The number of piperazine rings is 1. The van der Waals surface area contributed by atoms with Crippen molar-refractivity contribution in [2.75, 3.05) is 50.8 Å². The van der Waals surface area contributed by atoms with Crippen molar-refractivity contribution in [3.8, 4) is 11.4 Å². The summed E-state index contributed by atoms with van der Waals surface area (Å²) in [6.07, 6.45) is 1.39. The van der Waals surface area contributed by atoms with E-state index in [4.69, 9.17) is 14.5 Å². The first-order valence-corrected chi connectivity index (χ1v) is 16.5. The van der Waals surface area contributed by atoms with Gasteiger partial charge in [-0.15, -0.1) is 0 Å². The van der Waals surface area contributed by atoms with E-state index in [2.05, 4.69) is 15.2 Å². The topological polar surface area (TPSA) is 134 Å². The van der Waals surface area contributed by atoms with Gasteiger partial charge in [-0.05, 0) is 38.0 Å². The number of unbranched alkanes of at least 4 members (excludes halogenated alkanes) is 1. The van der Waals surface area contributed by atoms with E-state index in [0.717, 1.165) is 18.4 Å². The number of nitrogens with zero attached hydrogens (tertiary/aromatic N) is 5. The Hall–Kier alpha value is -4.22. The van der Waals surface area contributed by atoms with Crippen molar-refractivity contribution in [1.29, 1.82) is 0 Å². The number of piperidine rings is 1. The van der Waals surface area contributed by atoms with Crippen LogP contribution in [0.3, 0.4) is 0 Å². The number of carbonyl (C=O) groups excluding carboxylic acids is 4. The van der Waals surface area contributed by atoms with Gasteiger partial charge in [0, 0.05) is 50.4 Å². The zero-order valence-electron chi connectivity index (χ0n) is 27.5. The molecule has 1 aliphatic carbocycles. The van der Waals surface area contributed by atoms with Crippen LogP contribution in [0.15, 0.2) is 36.4 Å². The van der Waals surface area contributed by atoms with E-state index in [1.807, 2.05) is 65.0 Å². The molecule has 3 amide bonds. The Balaban J connectivity index is 1.29. The second kappa shape index (κ2) is 14.5. The highest BCUT2D eigenvalue weighted by Crippen LogP contribution is 2.53.